The number of carbonyl (C=O) groups is 3. The molecule has 0 saturated heterocycles. The molecule has 34 heavy (non-hydrogen) atoms. The molecule has 0 fully saturated rings. The number of nitrogens with zero attached hydrogens (tertiary/aromatic N) is 2. The average Bonchev–Trinajstić information content (AvgIpc) is 3.21. The number of halogens is 1. The van der Waals surface area contributed by atoms with Crippen molar-refractivity contribution in [2.75, 3.05) is 23.7 Å². The highest BCUT2D eigenvalue weighted by Gasteiger charge is 2.20. The van der Waals surface area contributed by atoms with Crippen LogP contribution < -0.4 is 10.6 Å². The summed E-state index contributed by atoms with van der Waals surface area (Å²) in [5, 5.41) is 7.42. The van der Waals surface area contributed by atoms with E-state index >= 15 is 0 Å². The van der Waals surface area contributed by atoms with E-state index in [0.29, 0.717) is 28.6 Å². The number of rotatable bonds is 9. The van der Waals surface area contributed by atoms with Crippen LogP contribution in [-0.4, -0.2) is 40.7 Å². The van der Waals surface area contributed by atoms with Gasteiger partial charge >= 0.3 is 0 Å². The van der Waals surface area contributed by atoms with Gasteiger partial charge in [0.2, 0.25) is 11.8 Å². The number of anilines is 2. The summed E-state index contributed by atoms with van der Waals surface area (Å²) < 4.78 is 13.0. The fraction of sp³-hybridized carbons (Fsp3) is 0.280. The molecule has 0 aliphatic heterocycles. The van der Waals surface area contributed by atoms with Crippen LogP contribution in [0.5, 0.6) is 0 Å². The Balaban J connectivity index is 1.57. The van der Waals surface area contributed by atoms with Crippen molar-refractivity contribution in [2.45, 2.75) is 27.2 Å². The van der Waals surface area contributed by atoms with Crippen molar-refractivity contribution >= 4 is 39.9 Å². The number of carbonyl (C=O) groups excluding carboxylic acids is 3. The quantitative estimate of drug-likeness (QED) is 0.470. The molecule has 3 rings (SSSR count). The summed E-state index contributed by atoms with van der Waals surface area (Å²) in [5.41, 5.74) is 2.56. The van der Waals surface area contributed by atoms with Crippen LogP contribution in [0.15, 0.2) is 53.9 Å². The van der Waals surface area contributed by atoms with Crippen molar-refractivity contribution in [3.05, 3.63) is 76.5 Å². The molecule has 0 saturated carbocycles. The SMILES string of the molecule is Cc1ccc(C(=O)N(CC(=O)Nc2nc(CC(=O)Nc3ccc(F)cc3)cs2)CC(C)C)cc1. The van der Waals surface area contributed by atoms with Gasteiger partial charge in [-0.2, -0.15) is 0 Å². The van der Waals surface area contributed by atoms with Crippen LogP contribution in [0.3, 0.4) is 0 Å². The normalized spacial score (nSPS) is 10.7. The lowest BCUT2D eigenvalue weighted by molar-refractivity contribution is -0.117. The standard InChI is InChI=1S/C25H27FN4O3S/c1-16(2)13-30(24(33)18-6-4-17(3)5-7-18)14-23(32)29-25-28-21(15-34-25)12-22(31)27-20-10-8-19(26)9-11-20/h4-11,15-16H,12-14H2,1-3H3,(H,27,31)(H,28,29,32). The van der Waals surface area contributed by atoms with Gasteiger partial charge in [-0.05, 0) is 49.2 Å². The molecule has 0 unspecified atom stereocenters. The lowest BCUT2D eigenvalue weighted by Crippen LogP contribution is -2.40. The summed E-state index contributed by atoms with van der Waals surface area (Å²) in [4.78, 5) is 43.6. The predicted molar refractivity (Wildman–Crippen MR) is 131 cm³/mol. The maximum atomic E-state index is 13.0. The van der Waals surface area contributed by atoms with Gasteiger partial charge in [-0.25, -0.2) is 9.37 Å². The number of amides is 3. The second kappa shape index (κ2) is 11.5. The van der Waals surface area contributed by atoms with Gasteiger partial charge in [0, 0.05) is 23.2 Å². The number of hydrogen-bond donors (Lipinski definition) is 2. The highest BCUT2D eigenvalue weighted by molar-refractivity contribution is 7.13. The van der Waals surface area contributed by atoms with E-state index in [1.165, 1.54) is 40.5 Å². The first kappa shape index (κ1) is 25.0. The summed E-state index contributed by atoms with van der Waals surface area (Å²) in [6, 6.07) is 12.7. The molecule has 0 aliphatic carbocycles. The predicted octanol–water partition coefficient (Wildman–Crippen LogP) is 4.51. The van der Waals surface area contributed by atoms with Crippen molar-refractivity contribution in [1.29, 1.82) is 0 Å². The number of aromatic nitrogens is 1. The Hall–Kier alpha value is -3.59. The largest absolute Gasteiger partial charge is 0.329 e. The molecular formula is C25H27FN4O3S. The first-order valence-electron chi connectivity index (χ1n) is 10.8. The molecule has 2 aromatic carbocycles. The number of hydrogen-bond acceptors (Lipinski definition) is 5. The molecule has 0 bridgehead atoms. The Bertz CT molecular complexity index is 1140. The molecule has 0 spiro atoms. The fourth-order valence-electron chi connectivity index (χ4n) is 3.22. The topological polar surface area (TPSA) is 91.4 Å². The second-order valence-electron chi connectivity index (χ2n) is 8.37. The summed E-state index contributed by atoms with van der Waals surface area (Å²) >= 11 is 1.20. The monoisotopic (exact) mass is 482 g/mol. The lowest BCUT2D eigenvalue weighted by atomic mass is 10.1. The molecular weight excluding hydrogens is 455 g/mol. The van der Waals surface area contributed by atoms with Crippen LogP contribution in [0.4, 0.5) is 15.2 Å². The van der Waals surface area contributed by atoms with Gasteiger partial charge in [0.1, 0.15) is 12.4 Å². The smallest absolute Gasteiger partial charge is 0.254 e. The van der Waals surface area contributed by atoms with E-state index in [4.69, 9.17) is 0 Å². The summed E-state index contributed by atoms with van der Waals surface area (Å²) in [6.07, 6.45) is 0.00906. The van der Waals surface area contributed by atoms with Gasteiger partial charge in [0.15, 0.2) is 5.13 Å². The second-order valence-corrected chi connectivity index (χ2v) is 9.23. The Labute approximate surface area is 202 Å². The third-order valence-electron chi connectivity index (χ3n) is 4.77. The van der Waals surface area contributed by atoms with Crippen LogP contribution in [-0.2, 0) is 16.0 Å². The number of thiazole rings is 1. The number of benzene rings is 2. The molecule has 9 heteroatoms. The van der Waals surface area contributed by atoms with Gasteiger partial charge in [-0.3, -0.25) is 14.4 Å². The highest BCUT2D eigenvalue weighted by Crippen LogP contribution is 2.17. The first-order chi connectivity index (χ1) is 16.2. The maximum absolute atomic E-state index is 13.0. The van der Waals surface area contributed by atoms with Crippen molar-refractivity contribution in [3.8, 4) is 0 Å². The summed E-state index contributed by atoms with van der Waals surface area (Å²) in [5.74, 6) is -1.07. The Morgan fingerprint density at radius 2 is 1.68 bits per heavy atom. The van der Waals surface area contributed by atoms with Crippen molar-refractivity contribution in [1.82, 2.24) is 9.88 Å². The Kier molecular flexibility index (Phi) is 8.48. The Morgan fingerprint density at radius 3 is 2.32 bits per heavy atom. The van der Waals surface area contributed by atoms with E-state index < -0.39 is 0 Å². The average molecular weight is 483 g/mol. The van der Waals surface area contributed by atoms with Crippen molar-refractivity contribution in [3.63, 3.8) is 0 Å². The minimum absolute atomic E-state index is 0.00906. The molecule has 0 atom stereocenters. The van der Waals surface area contributed by atoms with E-state index in [2.05, 4.69) is 15.6 Å². The zero-order chi connectivity index (χ0) is 24.7. The zero-order valence-corrected chi connectivity index (χ0v) is 20.1. The maximum Gasteiger partial charge on any atom is 0.254 e. The highest BCUT2D eigenvalue weighted by atomic mass is 32.1. The molecule has 0 radical (unpaired) electrons. The summed E-state index contributed by atoms with van der Waals surface area (Å²) in [7, 11) is 0. The van der Waals surface area contributed by atoms with Crippen LogP contribution in [0, 0.1) is 18.7 Å². The molecule has 1 heterocycles. The molecule has 7 nitrogen and oxygen atoms in total. The number of nitrogens with one attached hydrogen (secondary N) is 2. The molecule has 3 aromatic rings. The molecule has 3 amide bonds. The van der Waals surface area contributed by atoms with E-state index in [0.717, 1.165) is 5.56 Å². The number of aryl methyl sites for hydroxylation is 1. The summed E-state index contributed by atoms with van der Waals surface area (Å²) in [6.45, 7) is 6.24. The molecule has 2 N–H and O–H groups in total. The Morgan fingerprint density at radius 1 is 1.00 bits per heavy atom. The lowest BCUT2D eigenvalue weighted by Gasteiger charge is -2.24. The van der Waals surface area contributed by atoms with Crippen molar-refractivity contribution < 1.29 is 18.8 Å². The van der Waals surface area contributed by atoms with E-state index in [1.807, 2.05) is 32.9 Å². The van der Waals surface area contributed by atoms with Gasteiger partial charge in [0.05, 0.1) is 12.1 Å². The van der Waals surface area contributed by atoms with Crippen molar-refractivity contribution in [2.24, 2.45) is 5.92 Å². The van der Waals surface area contributed by atoms with Crippen LogP contribution in [0.25, 0.3) is 0 Å². The molecule has 1 aromatic heterocycles. The van der Waals surface area contributed by atoms with Crippen LogP contribution >= 0.6 is 11.3 Å². The van der Waals surface area contributed by atoms with Gasteiger partial charge in [-0.1, -0.05) is 31.5 Å². The van der Waals surface area contributed by atoms with E-state index in [1.54, 1.807) is 17.5 Å². The van der Waals surface area contributed by atoms with E-state index in [9.17, 15) is 18.8 Å². The third-order valence-corrected chi connectivity index (χ3v) is 5.58. The molecule has 178 valence electrons. The van der Waals surface area contributed by atoms with Gasteiger partial charge < -0.3 is 15.5 Å². The first-order valence-corrected chi connectivity index (χ1v) is 11.7. The van der Waals surface area contributed by atoms with Gasteiger partial charge in [0.25, 0.3) is 5.91 Å². The third kappa shape index (κ3) is 7.48. The minimum Gasteiger partial charge on any atom is -0.329 e. The van der Waals surface area contributed by atoms with E-state index in [-0.39, 0.29) is 42.4 Å². The van der Waals surface area contributed by atoms with Crippen LogP contribution in [0.2, 0.25) is 0 Å². The minimum atomic E-state index is -0.384. The van der Waals surface area contributed by atoms with Crippen LogP contribution in [0.1, 0.15) is 35.5 Å². The molecule has 0 aliphatic rings. The zero-order valence-electron chi connectivity index (χ0n) is 19.3. The fourth-order valence-corrected chi connectivity index (χ4v) is 3.95. The van der Waals surface area contributed by atoms with Gasteiger partial charge in [-0.15, -0.1) is 11.3 Å².